The highest BCUT2D eigenvalue weighted by Gasteiger charge is 2.52. The Kier molecular flexibility index (Phi) is 9.98. The molecular formula is C76H47N5. The van der Waals surface area contributed by atoms with Crippen LogP contribution >= 0.6 is 0 Å². The standard InChI is InChI=1S/C76H47N5/c1-4-21-46(22-5-1)51-27-10-13-32-58(51)74-79-73(80-75(81-74)60-34-20-38-66-71(60)59-33-16-19-37-65(59)76(66)63-35-17-14-28-52(63)53-29-15-18-36-64(53)76)50-40-42-57-62(44-50)70-55-31-12-11-30-54(55)69(57)61-43-49(39-41-56(61)70)68-45-67(47-23-6-2-7-24-47)77-72(78-68)48-25-8-3-9-26-48/h1-45,69-70H. The molecule has 0 amide bonds. The van der Waals surface area contributed by atoms with Crippen LogP contribution in [-0.2, 0) is 5.41 Å². The topological polar surface area (TPSA) is 64.5 Å². The molecule has 0 saturated carbocycles. The van der Waals surface area contributed by atoms with E-state index in [1.807, 2.05) is 24.3 Å². The number of aromatic nitrogens is 5. The number of rotatable bonds is 7. The maximum absolute atomic E-state index is 5.62. The lowest BCUT2D eigenvalue weighted by Crippen LogP contribution is -2.27. The molecule has 11 aromatic carbocycles. The van der Waals surface area contributed by atoms with Gasteiger partial charge in [0.15, 0.2) is 23.3 Å². The van der Waals surface area contributed by atoms with E-state index in [9.17, 15) is 0 Å². The molecule has 0 N–H and O–H groups in total. The van der Waals surface area contributed by atoms with Gasteiger partial charge in [-0.25, -0.2) is 24.9 Å². The van der Waals surface area contributed by atoms with Gasteiger partial charge in [-0.15, -0.1) is 0 Å². The number of fused-ring (bicyclic) bond motifs is 10. The lowest BCUT2D eigenvalue weighted by molar-refractivity contribution is 0.754. The zero-order chi connectivity index (χ0) is 53.2. The van der Waals surface area contributed by atoms with Crippen LogP contribution in [0.15, 0.2) is 273 Å². The Bertz CT molecular complexity index is 4620. The fourth-order valence-electron chi connectivity index (χ4n) is 14.2. The van der Waals surface area contributed by atoms with Gasteiger partial charge in [-0.1, -0.05) is 255 Å². The van der Waals surface area contributed by atoms with Crippen LogP contribution in [0.25, 0.3) is 101 Å². The van der Waals surface area contributed by atoms with E-state index in [-0.39, 0.29) is 11.8 Å². The second kappa shape index (κ2) is 17.8. The summed E-state index contributed by atoms with van der Waals surface area (Å²) in [7, 11) is 0. The predicted molar refractivity (Wildman–Crippen MR) is 325 cm³/mol. The molecule has 0 fully saturated rings. The highest BCUT2D eigenvalue weighted by molar-refractivity contribution is 5.99. The van der Waals surface area contributed by atoms with Crippen molar-refractivity contribution >= 4 is 0 Å². The maximum Gasteiger partial charge on any atom is 0.164 e. The summed E-state index contributed by atoms with van der Waals surface area (Å²) in [6.45, 7) is 0. The van der Waals surface area contributed by atoms with Crippen molar-refractivity contribution in [3.05, 3.63) is 329 Å². The second-order valence-corrected chi connectivity index (χ2v) is 21.7. The van der Waals surface area contributed by atoms with Crippen LogP contribution in [0, 0.1) is 0 Å². The molecule has 2 unspecified atom stereocenters. The molecule has 2 heterocycles. The Hall–Kier alpha value is -10.5. The molecule has 18 rings (SSSR count). The summed E-state index contributed by atoms with van der Waals surface area (Å²) in [4.78, 5) is 27.1. The second-order valence-electron chi connectivity index (χ2n) is 21.7. The Morgan fingerprint density at radius 1 is 0.222 bits per heavy atom. The van der Waals surface area contributed by atoms with Crippen molar-refractivity contribution in [1.82, 2.24) is 24.9 Å². The first-order valence-electron chi connectivity index (χ1n) is 27.9. The molecule has 0 saturated heterocycles. The van der Waals surface area contributed by atoms with Crippen LogP contribution in [0.5, 0.6) is 0 Å². The Balaban J connectivity index is 0.845. The molecule has 81 heavy (non-hydrogen) atoms. The normalized spacial score (nSPS) is 15.0. The van der Waals surface area contributed by atoms with Gasteiger partial charge in [0.25, 0.3) is 0 Å². The van der Waals surface area contributed by atoms with Crippen molar-refractivity contribution < 1.29 is 0 Å². The lowest BCUT2D eigenvalue weighted by atomic mass is 9.60. The van der Waals surface area contributed by atoms with Gasteiger partial charge in [-0.3, -0.25) is 0 Å². The minimum atomic E-state index is -0.510. The minimum absolute atomic E-state index is 0.00260. The van der Waals surface area contributed by atoms with E-state index in [1.54, 1.807) is 0 Å². The first-order valence-corrected chi connectivity index (χ1v) is 27.9. The predicted octanol–water partition coefficient (Wildman–Crippen LogP) is 17.7. The van der Waals surface area contributed by atoms with Gasteiger partial charge >= 0.3 is 0 Å². The van der Waals surface area contributed by atoms with Crippen LogP contribution < -0.4 is 0 Å². The molecule has 0 radical (unpaired) electrons. The molecule has 1 spiro atoms. The average Bonchev–Trinajstić information content (AvgIpc) is 3.44. The van der Waals surface area contributed by atoms with Crippen molar-refractivity contribution in [1.29, 1.82) is 0 Å². The van der Waals surface area contributed by atoms with Crippen LogP contribution in [0.1, 0.15) is 67.5 Å². The lowest BCUT2D eigenvalue weighted by Gasteiger charge is -2.42. The summed E-state index contributed by atoms with van der Waals surface area (Å²) in [5, 5.41) is 0. The van der Waals surface area contributed by atoms with Crippen molar-refractivity contribution in [3.8, 4) is 101 Å². The van der Waals surface area contributed by atoms with Crippen LogP contribution in [0.3, 0.4) is 0 Å². The Morgan fingerprint density at radius 3 is 1.26 bits per heavy atom. The molecule has 0 aliphatic heterocycles. The van der Waals surface area contributed by atoms with E-state index in [0.29, 0.717) is 23.3 Å². The summed E-state index contributed by atoms with van der Waals surface area (Å²) >= 11 is 0. The van der Waals surface area contributed by atoms with E-state index >= 15 is 0 Å². The van der Waals surface area contributed by atoms with Gasteiger partial charge in [0.05, 0.1) is 16.8 Å². The fourth-order valence-corrected chi connectivity index (χ4v) is 14.2. The molecule has 5 aliphatic carbocycles. The van der Waals surface area contributed by atoms with E-state index < -0.39 is 5.41 Å². The molecule has 2 atom stereocenters. The Labute approximate surface area is 469 Å². The first kappa shape index (κ1) is 45.5. The zero-order valence-electron chi connectivity index (χ0n) is 43.9. The molecular weight excluding hydrogens is 983 g/mol. The quantitative estimate of drug-likeness (QED) is 0.159. The van der Waals surface area contributed by atoms with E-state index in [4.69, 9.17) is 24.9 Å². The van der Waals surface area contributed by atoms with Crippen molar-refractivity contribution in [3.63, 3.8) is 0 Å². The molecule has 376 valence electrons. The van der Waals surface area contributed by atoms with Crippen molar-refractivity contribution in [2.75, 3.05) is 0 Å². The molecule has 5 nitrogen and oxygen atoms in total. The van der Waals surface area contributed by atoms with Gasteiger partial charge in [0.1, 0.15) is 0 Å². The Morgan fingerprint density at radius 2 is 0.630 bits per heavy atom. The van der Waals surface area contributed by atoms with E-state index in [1.165, 1.54) is 72.3 Å². The molecule has 5 heteroatoms. The van der Waals surface area contributed by atoms with Gasteiger partial charge in [-0.2, -0.15) is 0 Å². The summed E-state index contributed by atoms with van der Waals surface area (Å²) in [6.07, 6.45) is 0. The third kappa shape index (κ3) is 6.76. The summed E-state index contributed by atoms with van der Waals surface area (Å²) < 4.78 is 0. The molecule has 13 aromatic rings. The van der Waals surface area contributed by atoms with Crippen LogP contribution in [0.4, 0.5) is 0 Å². The largest absolute Gasteiger partial charge is 0.228 e. The summed E-state index contributed by atoms with van der Waals surface area (Å²) in [6, 6.07) is 98.6. The summed E-state index contributed by atoms with van der Waals surface area (Å²) in [5.41, 5.74) is 27.3. The third-order valence-electron chi connectivity index (χ3n) is 17.6. The molecule has 2 bridgehead atoms. The molecule has 5 aliphatic rings. The smallest absolute Gasteiger partial charge is 0.164 e. The van der Waals surface area contributed by atoms with Crippen LogP contribution in [-0.4, -0.2) is 24.9 Å². The number of benzene rings is 11. The fraction of sp³-hybridized carbons (Fsp3) is 0.0395. The van der Waals surface area contributed by atoms with Gasteiger partial charge in [-0.05, 0) is 107 Å². The maximum atomic E-state index is 5.62. The highest BCUT2D eigenvalue weighted by atomic mass is 15.0. The van der Waals surface area contributed by atoms with Gasteiger partial charge in [0, 0.05) is 45.2 Å². The van der Waals surface area contributed by atoms with Gasteiger partial charge < -0.3 is 0 Å². The zero-order valence-corrected chi connectivity index (χ0v) is 43.9. The number of hydrogen-bond donors (Lipinski definition) is 0. The highest BCUT2D eigenvalue weighted by Crippen LogP contribution is 2.64. The van der Waals surface area contributed by atoms with E-state index in [2.05, 4.69) is 249 Å². The van der Waals surface area contributed by atoms with Crippen molar-refractivity contribution in [2.24, 2.45) is 0 Å². The van der Waals surface area contributed by atoms with E-state index in [0.717, 1.165) is 61.5 Å². The monoisotopic (exact) mass is 1030 g/mol. The SMILES string of the molecule is c1ccc(-c2cc(-c3ccc4c(c3)C3c5ccccc5C4c4cc(-c5nc(-c6ccccc6-c6ccccc6)nc(-c6cccc7c6-c6ccccc6C76c7ccccc7-c7ccccc76)n5)ccc43)nc(-c3ccccc3)n2)cc1. The number of nitrogens with zero attached hydrogens (tertiary/aromatic N) is 5. The van der Waals surface area contributed by atoms with Crippen LogP contribution in [0.2, 0.25) is 0 Å². The van der Waals surface area contributed by atoms with Crippen molar-refractivity contribution in [2.45, 2.75) is 17.3 Å². The first-order chi connectivity index (χ1) is 40.2. The average molecular weight is 1030 g/mol. The summed E-state index contributed by atoms with van der Waals surface area (Å²) in [5.74, 6) is 2.62. The number of hydrogen-bond acceptors (Lipinski definition) is 5. The minimum Gasteiger partial charge on any atom is -0.228 e. The molecule has 2 aromatic heterocycles. The van der Waals surface area contributed by atoms with Gasteiger partial charge in [0.2, 0.25) is 0 Å². The third-order valence-corrected chi connectivity index (χ3v) is 17.6.